The maximum atomic E-state index is 13.5. The summed E-state index contributed by atoms with van der Waals surface area (Å²) < 4.78 is 2.61. The van der Waals surface area contributed by atoms with Gasteiger partial charge in [0.1, 0.15) is 11.3 Å². The summed E-state index contributed by atoms with van der Waals surface area (Å²) in [6.45, 7) is 3.72. The smallest absolute Gasteiger partial charge is 0.301 e. The fourth-order valence-corrected chi connectivity index (χ4v) is 6.05. The van der Waals surface area contributed by atoms with Crippen LogP contribution in [0.15, 0.2) is 66.4 Å². The molecule has 10 heteroatoms. The van der Waals surface area contributed by atoms with Crippen molar-refractivity contribution >= 4 is 73.0 Å². The predicted octanol–water partition coefficient (Wildman–Crippen LogP) is 6.49. The number of fused-ring (bicyclic) bond motifs is 2. The Kier molecular flexibility index (Phi) is 5.56. The van der Waals surface area contributed by atoms with Gasteiger partial charge in [0.25, 0.3) is 5.78 Å². The molecule has 1 saturated heterocycles. The lowest BCUT2D eigenvalue weighted by molar-refractivity contribution is -0.132. The molecule has 1 fully saturated rings. The number of aliphatic hydroxyl groups excluding tert-OH is 1. The molecular formula is C27H18Cl2N4O3S. The molecule has 4 heterocycles. The minimum Gasteiger partial charge on any atom is -0.505 e. The largest absolute Gasteiger partial charge is 0.505 e. The van der Waals surface area contributed by atoms with E-state index >= 15 is 0 Å². The number of ketones is 1. The number of anilines is 1. The first-order chi connectivity index (χ1) is 17.7. The van der Waals surface area contributed by atoms with Gasteiger partial charge in [-0.3, -0.25) is 14.5 Å². The van der Waals surface area contributed by atoms with Gasteiger partial charge in [-0.1, -0.05) is 52.7 Å². The van der Waals surface area contributed by atoms with Crippen molar-refractivity contribution in [2.24, 2.45) is 0 Å². The average molecular weight is 549 g/mol. The van der Waals surface area contributed by atoms with Gasteiger partial charge in [0.2, 0.25) is 0 Å². The van der Waals surface area contributed by atoms with E-state index in [-0.39, 0.29) is 17.0 Å². The number of carbonyl (C=O) groups excluding carboxylic acids is 2. The summed E-state index contributed by atoms with van der Waals surface area (Å²) >= 11 is 13.5. The molecule has 6 rings (SSSR count). The summed E-state index contributed by atoms with van der Waals surface area (Å²) in [7, 11) is 0. The number of aromatic nitrogens is 3. The number of aryl methyl sites for hydroxylation is 2. The monoisotopic (exact) mass is 548 g/mol. The molecule has 184 valence electrons. The van der Waals surface area contributed by atoms with Crippen LogP contribution in [0.3, 0.4) is 0 Å². The van der Waals surface area contributed by atoms with Crippen LogP contribution >= 0.6 is 34.5 Å². The third kappa shape index (κ3) is 3.71. The average Bonchev–Trinajstić information content (AvgIpc) is 3.52. The summed E-state index contributed by atoms with van der Waals surface area (Å²) in [5.41, 5.74) is 3.63. The summed E-state index contributed by atoms with van der Waals surface area (Å²) in [5.74, 6) is -1.95. The van der Waals surface area contributed by atoms with Crippen LogP contribution in [0.5, 0.6) is 0 Å². The maximum absolute atomic E-state index is 13.5. The van der Waals surface area contributed by atoms with Gasteiger partial charge in [0.05, 0.1) is 27.5 Å². The first kappa shape index (κ1) is 23.7. The second kappa shape index (κ2) is 8.69. The highest BCUT2D eigenvalue weighted by Crippen LogP contribution is 2.45. The van der Waals surface area contributed by atoms with Crippen molar-refractivity contribution in [3.05, 3.63) is 98.9 Å². The van der Waals surface area contributed by atoms with Crippen molar-refractivity contribution < 1.29 is 14.7 Å². The number of imidazole rings is 1. The zero-order chi connectivity index (χ0) is 26.0. The van der Waals surface area contributed by atoms with E-state index in [1.165, 1.54) is 16.2 Å². The number of thiazole rings is 1. The molecule has 1 atom stereocenters. The van der Waals surface area contributed by atoms with Crippen molar-refractivity contribution in [3.8, 4) is 0 Å². The van der Waals surface area contributed by atoms with Crippen LogP contribution < -0.4 is 4.90 Å². The van der Waals surface area contributed by atoms with E-state index in [2.05, 4.69) is 9.97 Å². The van der Waals surface area contributed by atoms with E-state index in [1.54, 1.807) is 49.4 Å². The second-order valence-electron chi connectivity index (χ2n) is 8.76. The van der Waals surface area contributed by atoms with Gasteiger partial charge < -0.3 is 9.51 Å². The van der Waals surface area contributed by atoms with Crippen molar-refractivity contribution in [2.75, 3.05) is 4.90 Å². The molecule has 7 nitrogen and oxygen atoms in total. The van der Waals surface area contributed by atoms with Crippen LogP contribution in [0.4, 0.5) is 5.13 Å². The van der Waals surface area contributed by atoms with E-state index in [1.807, 2.05) is 29.7 Å². The Hall–Kier alpha value is -3.72. The topological polar surface area (TPSA) is 87.8 Å². The number of hydrogen-bond acceptors (Lipinski definition) is 6. The van der Waals surface area contributed by atoms with Crippen molar-refractivity contribution in [1.82, 2.24) is 14.4 Å². The quantitative estimate of drug-likeness (QED) is 0.158. The fourth-order valence-electron chi connectivity index (χ4n) is 4.65. The molecule has 0 radical (unpaired) electrons. The predicted molar refractivity (Wildman–Crippen MR) is 146 cm³/mol. The number of nitrogens with zero attached hydrogens (tertiary/aromatic N) is 4. The van der Waals surface area contributed by atoms with Crippen molar-refractivity contribution in [1.29, 1.82) is 0 Å². The molecule has 37 heavy (non-hydrogen) atoms. The molecule has 1 aliphatic heterocycles. The van der Waals surface area contributed by atoms with E-state index in [4.69, 9.17) is 23.2 Å². The highest BCUT2D eigenvalue weighted by atomic mass is 35.5. The zero-order valence-electron chi connectivity index (χ0n) is 19.6. The van der Waals surface area contributed by atoms with Crippen LogP contribution in [0, 0.1) is 13.8 Å². The number of amides is 1. The standard InChI is InChI=1S/C27H18Cl2N4O3S/c1-13-4-3-11-32-14(2)21(31-25(13)32)23(34)20-22(15-5-7-16(28)8-6-15)33(26(36)24(20)35)27-30-18-10-9-17(29)12-19(18)37-27/h3-12,22,34H,1-2H3/b23-20+. The Morgan fingerprint density at radius 1 is 1.00 bits per heavy atom. The maximum Gasteiger partial charge on any atom is 0.301 e. The molecule has 0 spiro atoms. The number of carbonyl (C=O) groups is 2. The molecule has 0 saturated carbocycles. The molecule has 3 aromatic heterocycles. The minimum absolute atomic E-state index is 0.0613. The van der Waals surface area contributed by atoms with Crippen molar-refractivity contribution in [2.45, 2.75) is 19.9 Å². The SMILES string of the molecule is Cc1cccn2c(C)c(/C(O)=C3\C(=O)C(=O)N(c4nc5ccc(Cl)cc5s4)C3c3ccc(Cl)cc3)nc12. The van der Waals surface area contributed by atoms with Gasteiger partial charge in [-0.15, -0.1) is 0 Å². The Bertz CT molecular complexity index is 1790. The molecule has 1 unspecified atom stereocenters. The normalized spacial score (nSPS) is 17.4. The first-order valence-electron chi connectivity index (χ1n) is 11.3. The molecular weight excluding hydrogens is 531 g/mol. The molecule has 1 N–H and O–H groups in total. The van der Waals surface area contributed by atoms with E-state index in [0.717, 1.165) is 10.3 Å². The molecule has 1 aliphatic rings. The number of rotatable bonds is 3. The molecule has 2 aromatic carbocycles. The van der Waals surface area contributed by atoms with Crippen LogP contribution in [0.1, 0.15) is 28.6 Å². The van der Waals surface area contributed by atoms with E-state index < -0.39 is 17.7 Å². The van der Waals surface area contributed by atoms with E-state index in [9.17, 15) is 14.7 Å². The number of Topliss-reactive ketones (excluding diaryl/α,β-unsaturated/α-hetero) is 1. The molecule has 5 aromatic rings. The molecule has 1 amide bonds. The highest BCUT2D eigenvalue weighted by Gasteiger charge is 2.48. The Balaban J connectivity index is 1.60. The van der Waals surface area contributed by atoms with Crippen LogP contribution in [0.25, 0.3) is 21.6 Å². The third-order valence-electron chi connectivity index (χ3n) is 6.48. The minimum atomic E-state index is -0.932. The fraction of sp³-hybridized carbons (Fsp3) is 0.111. The lowest BCUT2D eigenvalue weighted by Crippen LogP contribution is -2.29. The van der Waals surface area contributed by atoms with Crippen LogP contribution in [0.2, 0.25) is 10.0 Å². The van der Waals surface area contributed by atoms with Gasteiger partial charge in [0, 0.05) is 16.2 Å². The Labute approximate surface area is 225 Å². The Morgan fingerprint density at radius 2 is 1.73 bits per heavy atom. The number of aliphatic hydroxyl groups is 1. The number of halogens is 2. The van der Waals surface area contributed by atoms with E-state index in [0.29, 0.717) is 37.6 Å². The van der Waals surface area contributed by atoms with Gasteiger partial charge in [-0.2, -0.15) is 0 Å². The first-order valence-corrected chi connectivity index (χ1v) is 12.9. The summed E-state index contributed by atoms with van der Waals surface area (Å²) in [5, 5.41) is 12.9. The summed E-state index contributed by atoms with van der Waals surface area (Å²) in [6, 6.07) is 14.9. The summed E-state index contributed by atoms with van der Waals surface area (Å²) in [6.07, 6.45) is 1.84. The lowest BCUT2D eigenvalue weighted by atomic mass is 9.96. The van der Waals surface area contributed by atoms with Crippen LogP contribution in [-0.2, 0) is 9.59 Å². The van der Waals surface area contributed by atoms with Gasteiger partial charge in [-0.05, 0) is 61.4 Å². The van der Waals surface area contributed by atoms with Gasteiger partial charge in [0.15, 0.2) is 10.9 Å². The lowest BCUT2D eigenvalue weighted by Gasteiger charge is -2.22. The van der Waals surface area contributed by atoms with Gasteiger partial charge >= 0.3 is 5.91 Å². The zero-order valence-corrected chi connectivity index (χ0v) is 21.9. The van der Waals surface area contributed by atoms with Gasteiger partial charge in [-0.25, -0.2) is 9.97 Å². The second-order valence-corrected chi connectivity index (χ2v) is 10.6. The summed E-state index contributed by atoms with van der Waals surface area (Å²) in [4.78, 5) is 37.5. The number of hydrogen-bond donors (Lipinski definition) is 1. The highest BCUT2D eigenvalue weighted by molar-refractivity contribution is 7.22. The molecule has 0 aliphatic carbocycles. The van der Waals surface area contributed by atoms with Crippen molar-refractivity contribution in [3.63, 3.8) is 0 Å². The Morgan fingerprint density at radius 3 is 2.46 bits per heavy atom. The number of pyridine rings is 1. The number of benzene rings is 2. The van der Waals surface area contributed by atoms with Crippen LogP contribution in [-0.4, -0.2) is 31.2 Å². The third-order valence-corrected chi connectivity index (χ3v) is 7.99. The molecule has 0 bridgehead atoms.